The van der Waals surface area contributed by atoms with Crippen molar-refractivity contribution in [3.8, 4) is 22.6 Å². The number of amides is 2. The number of ether oxygens (including phenoxy) is 3. The fourth-order valence-corrected chi connectivity index (χ4v) is 4.37. The summed E-state index contributed by atoms with van der Waals surface area (Å²) < 4.78 is 16.0. The molecule has 5 rings (SSSR count). The van der Waals surface area contributed by atoms with Gasteiger partial charge in [0.15, 0.2) is 11.5 Å². The topological polar surface area (TPSA) is 123 Å². The zero-order valence-electron chi connectivity index (χ0n) is 18.5. The first-order valence-corrected chi connectivity index (χ1v) is 11.0. The fraction of sp³-hybridized carbons (Fsp3) is 0.192. The molecule has 9 heteroatoms. The summed E-state index contributed by atoms with van der Waals surface area (Å²) in [5.41, 5.74) is 4.64. The van der Waals surface area contributed by atoms with Crippen molar-refractivity contribution in [2.24, 2.45) is 0 Å². The number of carboxylic acid groups (broad SMARTS) is 1. The maximum atomic E-state index is 12.8. The molecule has 35 heavy (non-hydrogen) atoms. The van der Waals surface area contributed by atoms with E-state index in [0.717, 1.165) is 22.3 Å². The molecule has 1 heterocycles. The Bertz CT molecular complexity index is 1260. The highest BCUT2D eigenvalue weighted by atomic mass is 16.7. The van der Waals surface area contributed by atoms with Gasteiger partial charge in [0.2, 0.25) is 12.7 Å². The number of carbonyl (C=O) groups is 3. The lowest BCUT2D eigenvalue weighted by atomic mass is 9.98. The molecule has 1 atom stereocenters. The average molecular weight is 474 g/mol. The van der Waals surface area contributed by atoms with E-state index in [1.54, 1.807) is 18.2 Å². The number of alkyl carbamates (subject to hydrolysis) is 1. The Balaban J connectivity index is 1.25. The number of carboxylic acids is 1. The molecule has 0 fully saturated rings. The van der Waals surface area contributed by atoms with Gasteiger partial charge in [-0.05, 0) is 34.4 Å². The Morgan fingerprint density at radius 2 is 1.60 bits per heavy atom. The van der Waals surface area contributed by atoms with Gasteiger partial charge < -0.3 is 30.0 Å². The van der Waals surface area contributed by atoms with Crippen molar-refractivity contribution in [1.82, 2.24) is 5.32 Å². The number of hydrogen-bond acceptors (Lipinski definition) is 6. The van der Waals surface area contributed by atoms with Crippen LogP contribution in [-0.4, -0.2) is 42.5 Å². The first kappa shape index (κ1) is 22.3. The summed E-state index contributed by atoms with van der Waals surface area (Å²) in [6, 6.07) is 19.3. The zero-order chi connectivity index (χ0) is 24.4. The van der Waals surface area contributed by atoms with E-state index in [2.05, 4.69) is 10.6 Å². The minimum atomic E-state index is -1.34. The number of aliphatic carboxylic acids is 1. The van der Waals surface area contributed by atoms with Crippen molar-refractivity contribution >= 4 is 23.7 Å². The number of hydrogen-bond donors (Lipinski definition) is 3. The summed E-state index contributed by atoms with van der Waals surface area (Å²) in [7, 11) is 0. The largest absolute Gasteiger partial charge is 0.481 e. The monoisotopic (exact) mass is 474 g/mol. The van der Waals surface area contributed by atoms with E-state index in [-0.39, 0.29) is 19.3 Å². The second kappa shape index (κ2) is 9.38. The van der Waals surface area contributed by atoms with Gasteiger partial charge in [-0.1, -0.05) is 48.5 Å². The van der Waals surface area contributed by atoms with Crippen LogP contribution in [0.2, 0.25) is 0 Å². The summed E-state index contributed by atoms with van der Waals surface area (Å²) >= 11 is 0. The molecule has 2 aliphatic rings. The minimum Gasteiger partial charge on any atom is -0.481 e. The molecular weight excluding hydrogens is 452 g/mol. The molecule has 1 unspecified atom stereocenters. The fourth-order valence-electron chi connectivity index (χ4n) is 4.37. The quantitative estimate of drug-likeness (QED) is 0.477. The molecule has 3 aromatic carbocycles. The molecule has 0 radical (unpaired) electrons. The maximum Gasteiger partial charge on any atom is 0.407 e. The smallest absolute Gasteiger partial charge is 0.407 e. The first-order valence-electron chi connectivity index (χ1n) is 11.0. The molecule has 178 valence electrons. The highest BCUT2D eigenvalue weighted by molar-refractivity contribution is 5.98. The van der Waals surface area contributed by atoms with Crippen LogP contribution in [0.4, 0.5) is 10.5 Å². The Morgan fingerprint density at radius 3 is 2.29 bits per heavy atom. The van der Waals surface area contributed by atoms with E-state index in [1.165, 1.54) is 0 Å². The van der Waals surface area contributed by atoms with Crippen LogP contribution in [-0.2, 0) is 14.3 Å². The van der Waals surface area contributed by atoms with Crippen molar-refractivity contribution in [1.29, 1.82) is 0 Å². The lowest BCUT2D eigenvalue weighted by molar-refractivity contribution is -0.139. The highest BCUT2D eigenvalue weighted by Gasteiger charge is 2.30. The van der Waals surface area contributed by atoms with Crippen LogP contribution >= 0.6 is 0 Å². The van der Waals surface area contributed by atoms with Gasteiger partial charge in [0.25, 0.3) is 0 Å². The first-order chi connectivity index (χ1) is 17.0. The molecule has 0 aromatic heterocycles. The molecule has 0 bridgehead atoms. The SMILES string of the molecule is O=C(O)CC(NC(=O)OCC1c2ccccc2-c2ccccc21)C(=O)Nc1ccc2c(c1)OCO2. The van der Waals surface area contributed by atoms with Crippen LogP contribution in [0.1, 0.15) is 23.5 Å². The van der Waals surface area contributed by atoms with Crippen LogP contribution in [0.25, 0.3) is 11.1 Å². The number of rotatable bonds is 7. The van der Waals surface area contributed by atoms with Gasteiger partial charge in [-0.25, -0.2) is 4.79 Å². The van der Waals surface area contributed by atoms with E-state index >= 15 is 0 Å². The van der Waals surface area contributed by atoms with Crippen molar-refractivity contribution in [2.75, 3.05) is 18.7 Å². The number of fused-ring (bicyclic) bond motifs is 4. The second-order valence-electron chi connectivity index (χ2n) is 8.18. The van der Waals surface area contributed by atoms with Crippen molar-refractivity contribution in [3.05, 3.63) is 77.9 Å². The van der Waals surface area contributed by atoms with Gasteiger partial charge in [0.1, 0.15) is 12.6 Å². The van der Waals surface area contributed by atoms with Crippen molar-refractivity contribution in [2.45, 2.75) is 18.4 Å². The number of benzene rings is 3. The molecule has 1 aliphatic carbocycles. The van der Waals surface area contributed by atoms with Crippen LogP contribution < -0.4 is 20.1 Å². The standard InChI is InChI=1S/C26H22N2O7/c29-24(30)12-21(25(31)27-15-9-10-22-23(11-15)35-14-34-22)28-26(32)33-13-20-18-7-3-1-5-16(18)17-6-2-4-8-19(17)20/h1-11,20-21H,12-14H2,(H,27,31)(H,28,32)(H,29,30). The molecule has 9 nitrogen and oxygen atoms in total. The number of nitrogens with one attached hydrogen (secondary N) is 2. The number of anilines is 1. The van der Waals surface area contributed by atoms with Gasteiger partial charge in [0, 0.05) is 17.7 Å². The van der Waals surface area contributed by atoms with E-state index < -0.39 is 30.4 Å². The third kappa shape index (κ3) is 4.61. The van der Waals surface area contributed by atoms with E-state index in [4.69, 9.17) is 14.2 Å². The van der Waals surface area contributed by atoms with Crippen LogP contribution in [0.3, 0.4) is 0 Å². The van der Waals surface area contributed by atoms with Gasteiger partial charge >= 0.3 is 12.1 Å². The van der Waals surface area contributed by atoms with Crippen molar-refractivity contribution in [3.63, 3.8) is 0 Å². The van der Waals surface area contributed by atoms with E-state index in [9.17, 15) is 19.5 Å². The van der Waals surface area contributed by atoms with Gasteiger partial charge in [-0.3, -0.25) is 9.59 Å². The molecule has 0 saturated carbocycles. The van der Waals surface area contributed by atoms with Crippen LogP contribution in [0.5, 0.6) is 11.5 Å². The molecule has 0 saturated heterocycles. The third-order valence-corrected chi connectivity index (χ3v) is 5.97. The third-order valence-electron chi connectivity index (χ3n) is 5.97. The Labute approximate surface area is 200 Å². The molecule has 1 aliphatic heterocycles. The lowest BCUT2D eigenvalue weighted by Crippen LogP contribution is -2.45. The molecule has 0 spiro atoms. The lowest BCUT2D eigenvalue weighted by Gasteiger charge is -2.19. The summed E-state index contributed by atoms with van der Waals surface area (Å²) in [5, 5.41) is 14.2. The zero-order valence-corrected chi connectivity index (χ0v) is 18.5. The Kier molecular flexibility index (Phi) is 5.97. The van der Waals surface area contributed by atoms with Crippen molar-refractivity contribution < 1.29 is 33.7 Å². The summed E-state index contributed by atoms with van der Waals surface area (Å²) in [6.45, 7) is 0.126. The highest BCUT2D eigenvalue weighted by Crippen LogP contribution is 2.44. The van der Waals surface area contributed by atoms with E-state index in [0.29, 0.717) is 17.2 Å². The average Bonchev–Trinajstić information content (AvgIpc) is 3.44. The molecule has 2 amide bonds. The Morgan fingerprint density at radius 1 is 0.943 bits per heavy atom. The molecule has 3 aromatic rings. The molecular formula is C26H22N2O7. The normalized spacial score (nSPS) is 13.9. The molecule has 3 N–H and O–H groups in total. The van der Waals surface area contributed by atoms with Crippen LogP contribution in [0.15, 0.2) is 66.7 Å². The van der Waals surface area contributed by atoms with Gasteiger partial charge in [0.05, 0.1) is 6.42 Å². The summed E-state index contributed by atoms with van der Waals surface area (Å²) in [6.07, 6.45) is -1.49. The van der Waals surface area contributed by atoms with Gasteiger partial charge in [-0.15, -0.1) is 0 Å². The van der Waals surface area contributed by atoms with Crippen LogP contribution in [0, 0.1) is 0 Å². The predicted octanol–water partition coefficient (Wildman–Crippen LogP) is 3.74. The van der Waals surface area contributed by atoms with E-state index in [1.807, 2.05) is 48.5 Å². The minimum absolute atomic E-state index is 0.0451. The predicted molar refractivity (Wildman–Crippen MR) is 125 cm³/mol. The Hall–Kier alpha value is -4.53. The number of carbonyl (C=O) groups excluding carboxylic acids is 2. The second-order valence-corrected chi connectivity index (χ2v) is 8.18. The van der Waals surface area contributed by atoms with Gasteiger partial charge in [-0.2, -0.15) is 0 Å². The summed E-state index contributed by atoms with van der Waals surface area (Å²) in [4.78, 5) is 36.7. The summed E-state index contributed by atoms with van der Waals surface area (Å²) in [5.74, 6) is -1.09. The maximum absolute atomic E-state index is 12.8.